The van der Waals surface area contributed by atoms with Crippen LogP contribution in [0, 0.1) is 11.3 Å². The molecule has 136 valence electrons. The lowest BCUT2D eigenvalue weighted by atomic mass is 9.91. The molecule has 0 bridgehead atoms. The maximum atomic E-state index is 12.6. The highest BCUT2D eigenvalue weighted by molar-refractivity contribution is 5.85. The molecule has 1 aromatic rings. The van der Waals surface area contributed by atoms with Crippen LogP contribution >= 0.6 is 24.8 Å². The molecule has 1 saturated carbocycles. The lowest BCUT2D eigenvalue weighted by molar-refractivity contribution is -0.132. The number of amides is 1. The third-order valence-corrected chi connectivity index (χ3v) is 5.43. The molecule has 1 amide bonds. The molecule has 4 nitrogen and oxygen atoms in total. The summed E-state index contributed by atoms with van der Waals surface area (Å²) in [4.78, 5) is 16.8. The zero-order chi connectivity index (χ0) is 15.6. The largest absolute Gasteiger partial charge is 0.373 e. The average Bonchev–Trinajstić information content (AvgIpc) is 3.26. The third kappa shape index (κ3) is 4.56. The molecular weight excluding hydrogens is 345 g/mol. The van der Waals surface area contributed by atoms with E-state index in [1.807, 2.05) is 30.1 Å². The molecular formula is C18H29Cl2N3O. The molecule has 1 aromatic carbocycles. The molecule has 1 unspecified atom stereocenters. The smallest absolute Gasteiger partial charge is 0.226 e. The highest BCUT2D eigenvalue weighted by Gasteiger charge is 2.58. The van der Waals surface area contributed by atoms with Crippen molar-refractivity contribution in [2.75, 3.05) is 45.2 Å². The monoisotopic (exact) mass is 373 g/mol. The van der Waals surface area contributed by atoms with Crippen molar-refractivity contribution in [2.45, 2.75) is 19.3 Å². The number of anilines is 1. The second kappa shape index (κ2) is 8.93. The zero-order valence-corrected chi connectivity index (χ0v) is 16.2. The Bertz CT molecular complexity index is 520. The number of rotatable bonds is 5. The van der Waals surface area contributed by atoms with E-state index < -0.39 is 0 Å². The molecule has 1 N–H and O–H groups in total. The minimum Gasteiger partial charge on any atom is -0.373 e. The number of carbonyl (C=O) groups is 1. The number of halogens is 2. The number of nitrogens with zero attached hydrogens (tertiary/aromatic N) is 2. The second-order valence-electron chi connectivity index (χ2n) is 6.89. The number of piperidine rings is 1. The van der Waals surface area contributed by atoms with Crippen molar-refractivity contribution in [1.29, 1.82) is 0 Å². The molecule has 0 aromatic heterocycles. The first-order valence-electron chi connectivity index (χ1n) is 8.34. The molecule has 2 aliphatic rings. The molecule has 1 heterocycles. The molecule has 1 aliphatic heterocycles. The van der Waals surface area contributed by atoms with Crippen molar-refractivity contribution in [3.8, 4) is 0 Å². The van der Waals surface area contributed by atoms with Crippen LogP contribution in [0.4, 0.5) is 5.69 Å². The maximum Gasteiger partial charge on any atom is 0.226 e. The number of carbonyl (C=O) groups excluding carboxylic acids is 1. The Kier molecular flexibility index (Phi) is 7.84. The van der Waals surface area contributed by atoms with E-state index in [1.165, 1.54) is 18.5 Å². The Labute approximate surface area is 157 Å². The number of hydrogen-bond donors (Lipinski definition) is 1. The van der Waals surface area contributed by atoms with Crippen molar-refractivity contribution in [3.05, 3.63) is 30.3 Å². The predicted molar refractivity (Wildman–Crippen MR) is 104 cm³/mol. The second-order valence-corrected chi connectivity index (χ2v) is 6.89. The normalized spacial score (nSPS) is 20.5. The van der Waals surface area contributed by atoms with Gasteiger partial charge in [-0.1, -0.05) is 18.2 Å². The van der Waals surface area contributed by atoms with Crippen LogP contribution in [0.2, 0.25) is 0 Å². The SMILES string of the molecule is CN(CCN(C)c1ccccc1)C(=O)C1CC12CCNCC2.Cl.Cl. The summed E-state index contributed by atoms with van der Waals surface area (Å²) in [5.41, 5.74) is 1.53. The van der Waals surface area contributed by atoms with E-state index >= 15 is 0 Å². The fourth-order valence-corrected chi connectivity index (χ4v) is 3.66. The van der Waals surface area contributed by atoms with E-state index in [0.717, 1.165) is 32.6 Å². The predicted octanol–water partition coefficient (Wildman–Crippen LogP) is 2.81. The van der Waals surface area contributed by atoms with E-state index in [0.29, 0.717) is 11.3 Å². The van der Waals surface area contributed by atoms with Gasteiger partial charge in [0, 0.05) is 38.8 Å². The fourth-order valence-electron chi connectivity index (χ4n) is 3.66. The van der Waals surface area contributed by atoms with E-state index in [1.54, 1.807) is 0 Å². The summed E-state index contributed by atoms with van der Waals surface area (Å²) in [6.45, 7) is 3.80. The first-order chi connectivity index (χ1) is 10.6. The molecule has 1 atom stereocenters. The summed E-state index contributed by atoms with van der Waals surface area (Å²) < 4.78 is 0. The molecule has 6 heteroatoms. The van der Waals surface area contributed by atoms with Crippen LogP contribution < -0.4 is 10.2 Å². The van der Waals surface area contributed by atoms with Gasteiger partial charge in [-0.25, -0.2) is 0 Å². The third-order valence-electron chi connectivity index (χ3n) is 5.43. The van der Waals surface area contributed by atoms with Gasteiger partial charge in [0.15, 0.2) is 0 Å². The van der Waals surface area contributed by atoms with Crippen LogP contribution in [-0.4, -0.2) is 51.1 Å². The first kappa shape index (κ1) is 21.1. The van der Waals surface area contributed by atoms with Crippen LogP contribution in [0.3, 0.4) is 0 Å². The van der Waals surface area contributed by atoms with Crippen molar-refractivity contribution >= 4 is 36.4 Å². The minimum atomic E-state index is 0. The summed E-state index contributed by atoms with van der Waals surface area (Å²) in [5.74, 6) is 0.630. The van der Waals surface area contributed by atoms with Gasteiger partial charge in [0.25, 0.3) is 0 Å². The highest BCUT2D eigenvalue weighted by atomic mass is 35.5. The number of hydrogen-bond acceptors (Lipinski definition) is 3. The van der Waals surface area contributed by atoms with Gasteiger partial charge < -0.3 is 15.1 Å². The molecule has 1 saturated heterocycles. The van der Waals surface area contributed by atoms with Crippen molar-refractivity contribution in [1.82, 2.24) is 10.2 Å². The van der Waals surface area contributed by atoms with E-state index in [2.05, 4.69) is 29.4 Å². The molecule has 1 spiro atoms. The van der Waals surface area contributed by atoms with Crippen molar-refractivity contribution in [3.63, 3.8) is 0 Å². The summed E-state index contributed by atoms with van der Waals surface area (Å²) >= 11 is 0. The van der Waals surface area contributed by atoms with Crippen LogP contribution in [0.15, 0.2) is 30.3 Å². The van der Waals surface area contributed by atoms with Gasteiger partial charge in [-0.3, -0.25) is 4.79 Å². The average molecular weight is 374 g/mol. The van der Waals surface area contributed by atoms with Crippen molar-refractivity contribution < 1.29 is 4.79 Å². The molecule has 0 radical (unpaired) electrons. The van der Waals surface area contributed by atoms with Gasteiger partial charge >= 0.3 is 0 Å². The summed E-state index contributed by atoms with van der Waals surface area (Å²) in [7, 11) is 4.04. The standard InChI is InChI=1S/C18H27N3O.2ClH/c1-20(15-6-4-3-5-7-15)12-13-21(2)17(22)16-14-18(16)8-10-19-11-9-18;;/h3-7,16,19H,8-14H2,1-2H3;2*1H. The quantitative estimate of drug-likeness (QED) is 0.861. The Hall–Kier alpha value is -0.970. The topological polar surface area (TPSA) is 35.6 Å². The molecule has 3 rings (SSSR count). The van der Waals surface area contributed by atoms with Gasteiger partial charge in [0.05, 0.1) is 0 Å². The minimum absolute atomic E-state index is 0. The summed E-state index contributed by atoms with van der Waals surface area (Å²) in [5, 5.41) is 3.40. The Balaban J connectivity index is 0.00000144. The van der Waals surface area contributed by atoms with Crippen LogP contribution in [-0.2, 0) is 4.79 Å². The molecule has 1 aliphatic carbocycles. The molecule has 24 heavy (non-hydrogen) atoms. The first-order valence-corrected chi connectivity index (χ1v) is 8.34. The van der Waals surface area contributed by atoms with Crippen LogP contribution in [0.1, 0.15) is 19.3 Å². The lowest BCUT2D eigenvalue weighted by Crippen LogP contribution is -2.38. The van der Waals surface area contributed by atoms with Gasteiger partial charge in [0.1, 0.15) is 0 Å². The van der Waals surface area contributed by atoms with Gasteiger partial charge in [-0.2, -0.15) is 0 Å². The number of para-hydroxylation sites is 1. The van der Waals surface area contributed by atoms with Crippen LogP contribution in [0.25, 0.3) is 0 Å². The fraction of sp³-hybridized carbons (Fsp3) is 0.611. The van der Waals surface area contributed by atoms with Crippen molar-refractivity contribution in [2.24, 2.45) is 11.3 Å². The van der Waals surface area contributed by atoms with E-state index in [9.17, 15) is 4.79 Å². The number of benzene rings is 1. The van der Waals surface area contributed by atoms with Gasteiger partial charge in [0.2, 0.25) is 5.91 Å². The number of nitrogens with one attached hydrogen (secondary N) is 1. The Morgan fingerprint density at radius 3 is 2.38 bits per heavy atom. The number of likely N-dealkylation sites (N-methyl/N-ethyl adjacent to an activating group) is 2. The maximum absolute atomic E-state index is 12.6. The Morgan fingerprint density at radius 2 is 1.75 bits per heavy atom. The van der Waals surface area contributed by atoms with Gasteiger partial charge in [-0.05, 0) is 49.9 Å². The van der Waals surface area contributed by atoms with E-state index in [-0.39, 0.29) is 30.7 Å². The Morgan fingerprint density at radius 1 is 1.12 bits per heavy atom. The summed E-state index contributed by atoms with van der Waals surface area (Å²) in [6.07, 6.45) is 3.44. The van der Waals surface area contributed by atoms with Crippen LogP contribution in [0.5, 0.6) is 0 Å². The summed E-state index contributed by atoms with van der Waals surface area (Å²) in [6, 6.07) is 10.3. The zero-order valence-electron chi connectivity index (χ0n) is 14.5. The van der Waals surface area contributed by atoms with Gasteiger partial charge in [-0.15, -0.1) is 24.8 Å². The lowest BCUT2D eigenvalue weighted by Gasteiger charge is -2.26. The molecule has 2 fully saturated rings. The van der Waals surface area contributed by atoms with E-state index in [4.69, 9.17) is 0 Å². The highest BCUT2D eigenvalue weighted by Crippen LogP contribution is 2.59.